The summed E-state index contributed by atoms with van der Waals surface area (Å²) in [6, 6.07) is 12.4. The lowest BCUT2D eigenvalue weighted by atomic mass is 10.2. The zero-order chi connectivity index (χ0) is 18.2. The molecule has 7 heteroatoms. The van der Waals surface area contributed by atoms with Crippen LogP contribution < -0.4 is 5.32 Å². The molecule has 0 radical (unpaired) electrons. The third-order valence-electron chi connectivity index (χ3n) is 3.59. The van der Waals surface area contributed by atoms with Crippen LogP contribution in [0.25, 0.3) is 0 Å². The number of benzene rings is 1. The molecule has 0 fully saturated rings. The van der Waals surface area contributed by atoms with Crippen LogP contribution in [0.3, 0.4) is 0 Å². The van der Waals surface area contributed by atoms with Crippen LogP contribution in [0, 0.1) is 0 Å². The molecule has 0 aliphatic heterocycles. The minimum Gasteiger partial charge on any atom is -0.460 e. The molecule has 2 atom stereocenters. The number of likely N-dealkylation sites (N-methyl/N-ethyl adjacent to an activating group) is 1. The van der Waals surface area contributed by atoms with E-state index in [1.54, 1.807) is 19.2 Å². The van der Waals surface area contributed by atoms with Gasteiger partial charge in [0.05, 0.1) is 12.7 Å². The summed E-state index contributed by atoms with van der Waals surface area (Å²) >= 11 is 11.7. The second-order valence-corrected chi connectivity index (χ2v) is 6.27. The number of carbonyl (C=O) groups excluding carboxylic acids is 1. The normalized spacial score (nSPS) is 13.3. The van der Waals surface area contributed by atoms with Crippen molar-refractivity contribution in [2.45, 2.75) is 32.3 Å². The van der Waals surface area contributed by atoms with E-state index in [0.29, 0.717) is 12.2 Å². The van der Waals surface area contributed by atoms with E-state index in [2.05, 4.69) is 10.3 Å². The molecule has 0 saturated heterocycles. The predicted octanol–water partition coefficient (Wildman–Crippen LogP) is 3.62. The van der Waals surface area contributed by atoms with Crippen LogP contribution in [0.5, 0.6) is 0 Å². The molecule has 25 heavy (non-hydrogen) atoms. The molecule has 0 amide bonds. The van der Waals surface area contributed by atoms with Crippen molar-refractivity contribution in [3.8, 4) is 0 Å². The first-order valence-corrected chi connectivity index (χ1v) is 8.56. The number of ether oxygens (including phenoxy) is 2. The van der Waals surface area contributed by atoms with E-state index in [0.717, 1.165) is 5.56 Å². The van der Waals surface area contributed by atoms with Gasteiger partial charge < -0.3 is 14.8 Å². The van der Waals surface area contributed by atoms with Crippen molar-refractivity contribution < 1.29 is 14.3 Å². The van der Waals surface area contributed by atoms with Crippen LogP contribution in [0.4, 0.5) is 0 Å². The van der Waals surface area contributed by atoms with Gasteiger partial charge in [0.1, 0.15) is 23.0 Å². The molecule has 134 valence electrons. The highest BCUT2D eigenvalue weighted by Crippen LogP contribution is 2.16. The molecule has 0 bridgehead atoms. The Hall–Kier alpha value is -1.66. The van der Waals surface area contributed by atoms with Crippen molar-refractivity contribution in [2.24, 2.45) is 0 Å². The smallest absolute Gasteiger partial charge is 0.326 e. The van der Waals surface area contributed by atoms with Gasteiger partial charge in [-0.2, -0.15) is 0 Å². The summed E-state index contributed by atoms with van der Waals surface area (Å²) in [6.07, 6.45) is -0.359. The Morgan fingerprint density at radius 1 is 1.12 bits per heavy atom. The van der Waals surface area contributed by atoms with Crippen molar-refractivity contribution in [1.82, 2.24) is 10.3 Å². The van der Waals surface area contributed by atoms with Gasteiger partial charge in [0.25, 0.3) is 0 Å². The van der Waals surface area contributed by atoms with E-state index >= 15 is 0 Å². The van der Waals surface area contributed by atoms with Gasteiger partial charge in [-0.15, -0.1) is 0 Å². The molecule has 5 nitrogen and oxygen atoms in total. The summed E-state index contributed by atoms with van der Waals surface area (Å²) in [7, 11) is 1.69. The van der Waals surface area contributed by atoms with Gasteiger partial charge in [-0.1, -0.05) is 53.5 Å². The standard InChI is InChI=1S/C18H20Cl2N2O3/c1-12(24-10-13-6-4-3-5-7-13)17(21-2)18(23)25-11-14-8-15(19)22-16(20)9-14/h3-9,12,17,21H,10-11H2,1-2H3/t12-,17+/m1/s1. The van der Waals surface area contributed by atoms with Crippen molar-refractivity contribution >= 4 is 29.2 Å². The number of halogens is 2. The molecule has 0 unspecified atom stereocenters. The first-order chi connectivity index (χ1) is 12.0. The Balaban J connectivity index is 1.88. The van der Waals surface area contributed by atoms with Gasteiger partial charge in [0, 0.05) is 0 Å². The highest BCUT2D eigenvalue weighted by molar-refractivity contribution is 6.32. The fourth-order valence-corrected chi connectivity index (χ4v) is 2.79. The van der Waals surface area contributed by atoms with Gasteiger partial charge in [-0.3, -0.25) is 4.79 Å². The van der Waals surface area contributed by atoms with E-state index < -0.39 is 12.0 Å². The lowest BCUT2D eigenvalue weighted by Gasteiger charge is -2.22. The van der Waals surface area contributed by atoms with Crippen LogP contribution in [0.15, 0.2) is 42.5 Å². The van der Waals surface area contributed by atoms with Gasteiger partial charge in [0.2, 0.25) is 0 Å². The van der Waals surface area contributed by atoms with Crippen molar-refractivity contribution in [1.29, 1.82) is 0 Å². The fourth-order valence-electron chi connectivity index (χ4n) is 2.28. The summed E-state index contributed by atoms with van der Waals surface area (Å²) in [5.74, 6) is -0.410. The number of aromatic nitrogens is 1. The molecule has 2 rings (SSSR count). The van der Waals surface area contributed by atoms with Crippen LogP contribution in [0.1, 0.15) is 18.1 Å². The highest BCUT2D eigenvalue weighted by atomic mass is 35.5. The summed E-state index contributed by atoms with van der Waals surface area (Å²) in [6.45, 7) is 2.30. The molecule has 1 aromatic carbocycles. The lowest BCUT2D eigenvalue weighted by molar-refractivity contribution is -0.151. The van der Waals surface area contributed by atoms with Gasteiger partial charge in [0.15, 0.2) is 0 Å². The van der Waals surface area contributed by atoms with Crippen LogP contribution >= 0.6 is 23.2 Å². The van der Waals surface area contributed by atoms with E-state index in [9.17, 15) is 4.79 Å². The average molecular weight is 383 g/mol. The zero-order valence-electron chi connectivity index (χ0n) is 14.0. The number of rotatable bonds is 8. The van der Waals surface area contributed by atoms with Gasteiger partial charge in [-0.25, -0.2) is 4.98 Å². The topological polar surface area (TPSA) is 60.5 Å². The van der Waals surface area contributed by atoms with Gasteiger partial charge in [-0.05, 0) is 37.2 Å². The Kier molecular flexibility index (Phi) is 7.65. The number of esters is 1. The summed E-state index contributed by atoms with van der Waals surface area (Å²) in [4.78, 5) is 16.2. The molecule has 2 aromatic rings. The Morgan fingerprint density at radius 3 is 2.36 bits per heavy atom. The Labute approximate surface area is 157 Å². The molecule has 0 aliphatic rings. The first-order valence-electron chi connectivity index (χ1n) is 7.81. The molecule has 0 aliphatic carbocycles. The summed E-state index contributed by atoms with van der Waals surface area (Å²) in [5.41, 5.74) is 1.71. The molecular formula is C18H20Cl2N2O3. The van der Waals surface area contributed by atoms with Crippen LogP contribution in [-0.2, 0) is 27.5 Å². The number of hydrogen-bond donors (Lipinski definition) is 1. The minimum absolute atomic E-state index is 0.0599. The molecule has 0 saturated carbocycles. The largest absolute Gasteiger partial charge is 0.460 e. The number of carbonyl (C=O) groups is 1. The minimum atomic E-state index is -0.587. The van der Waals surface area contributed by atoms with Crippen molar-refractivity contribution in [3.05, 3.63) is 63.9 Å². The maximum Gasteiger partial charge on any atom is 0.326 e. The second-order valence-electron chi connectivity index (χ2n) is 5.50. The van der Waals surface area contributed by atoms with E-state index in [-0.39, 0.29) is 23.0 Å². The summed E-state index contributed by atoms with van der Waals surface area (Å²) < 4.78 is 11.1. The molecule has 1 N–H and O–H groups in total. The lowest BCUT2D eigenvalue weighted by Crippen LogP contribution is -2.45. The van der Waals surface area contributed by atoms with Crippen molar-refractivity contribution in [2.75, 3.05) is 7.05 Å². The molecular weight excluding hydrogens is 363 g/mol. The zero-order valence-corrected chi connectivity index (χ0v) is 15.6. The number of nitrogens with one attached hydrogen (secondary N) is 1. The van der Waals surface area contributed by atoms with Crippen LogP contribution in [-0.4, -0.2) is 30.1 Å². The third kappa shape index (κ3) is 6.29. The number of pyridine rings is 1. The fraction of sp³-hybridized carbons (Fsp3) is 0.333. The van der Waals surface area contributed by atoms with Crippen molar-refractivity contribution in [3.63, 3.8) is 0 Å². The predicted molar refractivity (Wildman–Crippen MR) is 97.6 cm³/mol. The van der Waals surface area contributed by atoms with Crippen LogP contribution in [0.2, 0.25) is 10.3 Å². The second kappa shape index (κ2) is 9.73. The Morgan fingerprint density at radius 2 is 1.76 bits per heavy atom. The number of hydrogen-bond acceptors (Lipinski definition) is 5. The quantitative estimate of drug-likeness (QED) is 0.557. The molecule has 1 heterocycles. The molecule has 1 aromatic heterocycles. The monoisotopic (exact) mass is 382 g/mol. The summed E-state index contributed by atoms with van der Waals surface area (Å²) in [5, 5.41) is 3.44. The third-order valence-corrected chi connectivity index (χ3v) is 3.98. The van der Waals surface area contributed by atoms with Gasteiger partial charge >= 0.3 is 5.97 Å². The first kappa shape index (κ1) is 19.7. The maximum absolute atomic E-state index is 12.3. The average Bonchev–Trinajstić information content (AvgIpc) is 2.59. The Bertz CT molecular complexity index is 678. The van der Waals surface area contributed by atoms with E-state index in [4.69, 9.17) is 32.7 Å². The van der Waals surface area contributed by atoms with E-state index in [1.807, 2.05) is 37.3 Å². The van der Waals surface area contributed by atoms with E-state index in [1.165, 1.54) is 0 Å². The SMILES string of the molecule is CN[C@H](C(=O)OCc1cc(Cl)nc(Cl)c1)[C@@H](C)OCc1ccccc1. The highest BCUT2D eigenvalue weighted by Gasteiger charge is 2.25. The molecule has 0 spiro atoms. The number of nitrogens with zero attached hydrogens (tertiary/aromatic N) is 1. The maximum atomic E-state index is 12.3.